The Morgan fingerprint density at radius 3 is 2.70 bits per heavy atom. The van der Waals surface area contributed by atoms with Crippen molar-refractivity contribution in [3.05, 3.63) is 35.4 Å². The molecule has 1 amide bonds. The van der Waals surface area contributed by atoms with E-state index in [1.807, 2.05) is 30.3 Å². The van der Waals surface area contributed by atoms with Crippen LogP contribution in [0.2, 0.25) is 0 Å². The zero-order chi connectivity index (χ0) is 14.7. The summed E-state index contributed by atoms with van der Waals surface area (Å²) in [6, 6.07) is 8.65. The number of amides is 1. The molecule has 0 spiro atoms. The Kier molecular flexibility index (Phi) is 4.04. The fourth-order valence-corrected chi connectivity index (χ4v) is 2.48. The van der Waals surface area contributed by atoms with E-state index in [-0.39, 0.29) is 12.3 Å². The number of nitrogens with zero attached hydrogens (tertiary/aromatic N) is 2. The maximum Gasteiger partial charge on any atom is 0.326 e. The van der Waals surface area contributed by atoms with Crippen molar-refractivity contribution in [2.24, 2.45) is 5.92 Å². The second kappa shape index (κ2) is 5.74. The van der Waals surface area contributed by atoms with E-state index in [0.717, 1.165) is 11.1 Å². The predicted octanol–water partition coefficient (Wildman–Crippen LogP) is 1.57. The minimum Gasteiger partial charge on any atom is -0.480 e. The van der Waals surface area contributed by atoms with Gasteiger partial charge in [0.2, 0.25) is 5.91 Å². The second-order valence-corrected chi connectivity index (χ2v) is 5.06. The van der Waals surface area contributed by atoms with Gasteiger partial charge in [0.1, 0.15) is 6.04 Å². The van der Waals surface area contributed by atoms with Crippen molar-refractivity contribution in [2.45, 2.75) is 32.4 Å². The molecule has 2 atom stereocenters. The molecule has 1 aliphatic heterocycles. The van der Waals surface area contributed by atoms with Crippen molar-refractivity contribution >= 4 is 11.9 Å². The van der Waals surface area contributed by atoms with Gasteiger partial charge in [0.05, 0.1) is 6.07 Å². The Morgan fingerprint density at radius 2 is 2.10 bits per heavy atom. The number of benzene rings is 1. The first-order valence-corrected chi connectivity index (χ1v) is 6.51. The van der Waals surface area contributed by atoms with Crippen LogP contribution < -0.4 is 0 Å². The van der Waals surface area contributed by atoms with Crippen LogP contribution in [0.15, 0.2) is 24.3 Å². The lowest BCUT2D eigenvalue weighted by Gasteiger charge is -2.35. The number of hydrogen-bond acceptors (Lipinski definition) is 3. The van der Waals surface area contributed by atoms with E-state index in [4.69, 9.17) is 5.26 Å². The van der Waals surface area contributed by atoms with Crippen molar-refractivity contribution in [3.63, 3.8) is 0 Å². The largest absolute Gasteiger partial charge is 0.480 e. The summed E-state index contributed by atoms with van der Waals surface area (Å²) in [4.78, 5) is 25.1. The predicted molar refractivity (Wildman–Crippen MR) is 71.5 cm³/mol. The van der Waals surface area contributed by atoms with Crippen molar-refractivity contribution in [3.8, 4) is 6.07 Å². The highest BCUT2D eigenvalue weighted by Gasteiger charge is 2.35. The topological polar surface area (TPSA) is 81.4 Å². The van der Waals surface area contributed by atoms with Crippen LogP contribution in [-0.2, 0) is 22.6 Å². The molecule has 0 aliphatic carbocycles. The SMILES string of the molecule is CC(CC#N)C(=O)N1Cc2ccccc2C[C@H]1C(=O)O. The molecule has 1 unspecified atom stereocenters. The van der Waals surface area contributed by atoms with Gasteiger partial charge in [0.15, 0.2) is 0 Å². The van der Waals surface area contributed by atoms with Crippen LogP contribution in [0, 0.1) is 17.2 Å². The zero-order valence-electron chi connectivity index (χ0n) is 11.2. The molecule has 5 nitrogen and oxygen atoms in total. The Hall–Kier alpha value is -2.35. The average molecular weight is 272 g/mol. The van der Waals surface area contributed by atoms with Gasteiger partial charge in [-0.05, 0) is 11.1 Å². The highest BCUT2D eigenvalue weighted by Crippen LogP contribution is 2.25. The number of carboxylic acids is 1. The van der Waals surface area contributed by atoms with E-state index in [9.17, 15) is 14.7 Å². The summed E-state index contributed by atoms with van der Waals surface area (Å²) in [6.45, 7) is 1.95. The first-order chi connectivity index (χ1) is 9.54. The molecule has 0 radical (unpaired) electrons. The van der Waals surface area contributed by atoms with Crippen LogP contribution in [0.4, 0.5) is 0 Å². The second-order valence-electron chi connectivity index (χ2n) is 5.06. The minimum absolute atomic E-state index is 0.101. The van der Waals surface area contributed by atoms with E-state index in [2.05, 4.69) is 0 Å². The molecule has 0 bridgehead atoms. The van der Waals surface area contributed by atoms with Gasteiger partial charge in [-0.25, -0.2) is 4.79 Å². The summed E-state index contributed by atoms with van der Waals surface area (Å²) >= 11 is 0. The highest BCUT2D eigenvalue weighted by molar-refractivity contribution is 5.85. The van der Waals surface area contributed by atoms with Gasteiger partial charge in [-0.2, -0.15) is 5.26 Å². The van der Waals surface area contributed by atoms with Gasteiger partial charge in [-0.1, -0.05) is 31.2 Å². The number of carbonyl (C=O) groups is 2. The van der Waals surface area contributed by atoms with Crippen LogP contribution in [-0.4, -0.2) is 27.9 Å². The van der Waals surface area contributed by atoms with Crippen molar-refractivity contribution < 1.29 is 14.7 Å². The standard InChI is InChI=1S/C15H16N2O3/c1-10(6-7-16)14(18)17-9-12-5-3-2-4-11(12)8-13(17)15(19)20/h2-5,10,13H,6,8-9H2,1H3,(H,19,20)/t10?,13-/m0/s1. The van der Waals surface area contributed by atoms with E-state index in [1.54, 1.807) is 6.92 Å². The lowest BCUT2D eigenvalue weighted by atomic mass is 9.92. The smallest absolute Gasteiger partial charge is 0.326 e. The van der Waals surface area contributed by atoms with E-state index < -0.39 is 17.9 Å². The Morgan fingerprint density at radius 1 is 1.45 bits per heavy atom. The number of rotatable bonds is 3. The van der Waals surface area contributed by atoms with Crippen LogP contribution in [0.3, 0.4) is 0 Å². The Balaban J connectivity index is 2.29. The fraction of sp³-hybridized carbons (Fsp3) is 0.400. The molecular weight excluding hydrogens is 256 g/mol. The molecule has 5 heteroatoms. The summed E-state index contributed by atoms with van der Waals surface area (Å²) in [5, 5.41) is 18.0. The van der Waals surface area contributed by atoms with Crippen LogP contribution in [0.25, 0.3) is 0 Å². The first kappa shape index (κ1) is 14.1. The third-order valence-electron chi connectivity index (χ3n) is 3.64. The summed E-state index contributed by atoms with van der Waals surface area (Å²) in [6.07, 6.45) is 0.417. The van der Waals surface area contributed by atoms with Gasteiger partial charge in [-0.3, -0.25) is 4.79 Å². The number of nitriles is 1. The van der Waals surface area contributed by atoms with Gasteiger partial charge in [0.25, 0.3) is 0 Å². The Labute approximate surface area is 117 Å². The van der Waals surface area contributed by atoms with Crippen molar-refractivity contribution in [1.82, 2.24) is 4.90 Å². The molecule has 104 valence electrons. The van der Waals surface area contributed by atoms with Crippen molar-refractivity contribution in [2.75, 3.05) is 0 Å². The van der Waals surface area contributed by atoms with E-state index in [0.29, 0.717) is 13.0 Å². The Bertz CT molecular complexity index is 577. The number of aliphatic carboxylic acids is 1. The third-order valence-corrected chi connectivity index (χ3v) is 3.64. The maximum absolute atomic E-state index is 12.3. The minimum atomic E-state index is -1.00. The molecule has 1 N–H and O–H groups in total. The van der Waals surface area contributed by atoms with Crippen LogP contribution in [0.5, 0.6) is 0 Å². The molecule has 1 aromatic rings. The molecule has 0 aromatic heterocycles. The maximum atomic E-state index is 12.3. The lowest BCUT2D eigenvalue weighted by molar-refractivity contribution is -0.153. The summed E-state index contributed by atoms with van der Waals surface area (Å²) in [7, 11) is 0. The molecule has 0 saturated carbocycles. The van der Waals surface area contributed by atoms with Gasteiger partial charge in [0, 0.05) is 25.3 Å². The van der Waals surface area contributed by atoms with Gasteiger partial charge >= 0.3 is 5.97 Å². The van der Waals surface area contributed by atoms with Crippen LogP contribution >= 0.6 is 0 Å². The van der Waals surface area contributed by atoms with E-state index >= 15 is 0 Å². The van der Waals surface area contributed by atoms with Crippen molar-refractivity contribution in [1.29, 1.82) is 5.26 Å². The first-order valence-electron chi connectivity index (χ1n) is 6.51. The number of hydrogen-bond donors (Lipinski definition) is 1. The molecule has 0 fully saturated rings. The molecule has 1 aliphatic rings. The summed E-state index contributed by atoms with van der Waals surface area (Å²) < 4.78 is 0. The molecular formula is C15H16N2O3. The third kappa shape index (κ3) is 2.64. The number of carbonyl (C=O) groups excluding carboxylic acids is 1. The monoisotopic (exact) mass is 272 g/mol. The highest BCUT2D eigenvalue weighted by atomic mass is 16.4. The zero-order valence-corrected chi connectivity index (χ0v) is 11.2. The molecule has 1 heterocycles. The molecule has 20 heavy (non-hydrogen) atoms. The normalized spacial score (nSPS) is 18.8. The summed E-state index contributed by atoms with van der Waals surface area (Å²) in [5.41, 5.74) is 1.94. The number of fused-ring (bicyclic) bond motifs is 1. The van der Waals surface area contributed by atoms with Gasteiger partial charge in [-0.15, -0.1) is 0 Å². The average Bonchev–Trinajstić information content (AvgIpc) is 2.45. The molecule has 1 aromatic carbocycles. The molecule has 2 rings (SSSR count). The van der Waals surface area contributed by atoms with E-state index in [1.165, 1.54) is 4.90 Å². The molecule has 0 saturated heterocycles. The quantitative estimate of drug-likeness (QED) is 0.905. The fourth-order valence-electron chi connectivity index (χ4n) is 2.48. The van der Waals surface area contributed by atoms with Crippen LogP contribution in [0.1, 0.15) is 24.5 Å². The lowest BCUT2D eigenvalue weighted by Crippen LogP contribution is -2.50. The van der Waals surface area contributed by atoms with Gasteiger partial charge < -0.3 is 10.0 Å². The summed E-state index contributed by atoms with van der Waals surface area (Å²) in [5.74, 6) is -1.75. The number of carboxylic acid groups (broad SMARTS) is 1.